The first-order valence-electron chi connectivity index (χ1n) is 8.15. The maximum Gasteiger partial charge on any atom is 0.308 e. The van der Waals surface area contributed by atoms with Gasteiger partial charge in [0.1, 0.15) is 6.29 Å². The van der Waals surface area contributed by atoms with E-state index in [-0.39, 0.29) is 22.7 Å². The van der Waals surface area contributed by atoms with Gasteiger partial charge in [-0.2, -0.15) is 0 Å². The number of carbonyl (C=O) groups excluding carboxylic acids is 2. The molecule has 0 fully saturated rings. The minimum absolute atomic E-state index is 0.0278. The van der Waals surface area contributed by atoms with Gasteiger partial charge in [0.2, 0.25) is 0 Å². The molecule has 0 aromatic rings. The lowest BCUT2D eigenvalue weighted by Gasteiger charge is -2.29. The van der Waals surface area contributed by atoms with E-state index in [0.717, 1.165) is 38.4 Å². The molecule has 0 rings (SSSR count). The largest absolute Gasteiger partial charge is 0.465 e. The van der Waals surface area contributed by atoms with Gasteiger partial charge in [0.25, 0.3) is 0 Å². The number of unbranched alkanes of at least 4 members (excludes halogenated alkanes) is 3. The Labute approximate surface area is 130 Å². The second-order valence-corrected chi connectivity index (χ2v) is 8.41. The van der Waals surface area contributed by atoms with Crippen LogP contribution in [-0.2, 0) is 14.3 Å². The van der Waals surface area contributed by atoms with E-state index in [1.807, 2.05) is 0 Å². The fourth-order valence-corrected chi connectivity index (χ4v) is 2.51. The molecule has 0 aromatic carbocycles. The van der Waals surface area contributed by atoms with Crippen LogP contribution in [0.2, 0.25) is 0 Å². The highest BCUT2D eigenvalue weighted by atomic mass is 16.5. The second-order valence-electron chi connectivity index (χ2n) is 8.41. The van der Waals surface area contributed by atoms with Crippen molar-refractivity contribution in [1.82, 2.24) is 0 Å². The van der Waals surface area contributed by atoms with Crippen molar-refractivity contribution < 1.29 is 14.3 Å². The normalized spacial score (nSPS) is 12.5. The molecular weight excluding hydrogens is 264 g/mol. The van der Waals surface area contributed by atoms with Crippen LogP contribution in [0.4, 0.5) is 0 Å². The number of rotatable bonds is 9. The van der Waals surface area contributed by atoms with Gasteiger partial charge in [-0.3, -0.25) is 4.79 Å². The van der Waals surface area contributed by atoms with Gasteiger partial charge >= 0.3 is 5.97 Å². The summed E-state index contributed by atoms with van der Waals surface area (Å²) in [5.41, 5.74) is 0.248. The van der Waals surface area contributed by atoms with E-state index < -0.39 is 0 Å². The molecule has 0 saturated heterocycles. The topological polar surface area (TPSA) is 43.4 Å². The third-order valence-corrected chi connectivity index (χ3v) is 3.26. The highest BCUT2D eigenvalue weighted by molar-refractivity contribution is 5.72. The van der Waals surface area contributed by atoms with Crippen LogP contribution in [0.3, 0.4) is 0 Å². The summed E-state index contributed by atoms with van der Waals surface area (Å²) in [7, 11) is 0. The summed E-state index contributed by atoms with van der Waals surface area (Å²) in [4.78, 5) is 22.5. The van der Waals surface area contributed by atoms with Crippen LogP contribution in [0.1, 0.15) is 80.1 Å². The van der Waals surface area contributed by atoms with Gasteiger partial charge < -0.3 is 9.53 Å². The molecule has 0 aliphatic carbocycles. The highest BCUT2D eigenvalue weighted by Gasteiger charge is 2.30. The SMILES string of the molecule is CC(C)(C)CC(CC(C)(C)C)C(=O)OCCCCCC=O. The molecule has 0 saturated carbocycles. The minimum atomic E-state index is -0.0600. The lowest BCUT2D eigenvalue weighted by molar-refractivity contribution is -0.151. The highest BCUT2D eigenvalue weighted by Crippen LogP contribution is 2.33. The van der Waals surface area contributed by atoms with Gasteiger partial charge in [0.15, 0.2) is 0 Å². The molecule has 0 amide bonds. The van der Waals surface area contributed by atoms with Crippen LogP contribution in [0.25, 0.3) is 0 Å². The third-order valence-electron chi connectivity index (χ3n) is 3.26. The molecule has 0 spiro atoms. The molecule has 0 aromatic heterocycles. The number of hydrogen-bond donors (Lipinski definition) is 0. The van der Waals surface area contributed by atoms with Crippen LogP contribution in [0.15, 0.2) is 0 Å². The number of esters is 1. The van der Waals surface area contributed by atoms with Crippen molar-refractivity contribution in [3.63, 3.8) is 0 Å². The first kappa shape index (κ1) is 20.1. The number of carbonyl (C=O) groups is 2. The Morgan fingerprint density at radius 2 is 1.48 bits per heavy atom. The Morgan fingerprint density at radius 3 is 1.90 bits per heavy atom. The maximum absolute atomic E-state index is 12.3. The average Bonchev–Trinajstić information content (AvgIpc) is 2.29. The molecule has 0 aliphatic rings. The van der Waals surface area contributed by atoms with Gasteiger partial charge in [-0.05, 0) is 42.9 Å². The first-order chi connectivity index (χ1) is 9.55. The van der Waals surface area contributed by atoms with Crippen LogP contribution in [-0.4, -0.2) is 18.9 Å². The van der Waals surface area contributed by atoms with E-state index in [1.54, 1.807) is 0 Å². The fourth-order valence-electron chi connectivity index (χ4n) is 2.51. The van der Waals surface area contributed by atoms with Crippen molar-refractivity contribution in [2.24, 2.45) is 16.7 Å². The minimum Gasteiger partial charge on any atom is -0.465 e. The Balaban J connectivity index is 4.28. The molecule has 0 atom stereocenters. The first-order valence-corrected chi connectivity index (χ1v) is 8.15. The second kappa shape index (κ2) is 9.22. The molecular formula is C18H34O3. The molecule has 0 N–H and O–H groups in total. The molecule has 0 unspecified atom stereocenters. The van der Waals surface area contributed by atoms with E-state index in [9.17, 15) is 9.59 Å². The predicted octanol–water partition coefficient (Wildman–Crippen LogP) is 4.78. The molecule has 3 nitrogen and oxygen atoms in total. The maximum atomic E-state index is 12.3. The number of aldehydes is 1. The summed E-state index contributed by atoms with van der Waals surface area (Å²) in [5.74, 6) is -0.0878. The zero-order valence-corrected chi connectivity index (χ0v) is 14.8. The predicted molar refractivity (Wildman–Crippen MR) is 87.1 cm³/mol. The van der Waals surface area contributed by atoms with Gasteiger partial charge in [0, 0.05) is 6.42 Å². The van der Waals surface area contributed by atoms with Crippen LogP contribution >= 0.6 is 0 Å². The molecule has 21 heavy (non-hydrogen) atoms. The van der Waals surface area contributed by atoms with E-state index in [2.05, 4.69) is 41.5 Å². The van der Waals surface area contributed by atoms with Crippen LogP contribution < -0.4 is 0 Å². The summed E-state index contributed by atoms with van der Waals surface area (Å²) in [6.45, 7) is 13.4. The van der Waals surface area contributed by atoms with Gasteiger partial charge in [-0.1, -0.05) is 41.5 Å². The summed E-state index contributed by atoms with van der Waals surface area (Å²) in [5, 5.41) is 0. The number of hydrogen-bond acceptors (Lipinski definition) is 3. The summed E-state index contributed by atoms with van der Waals surface area (Å²) in [6, 6.07) is 0. The molecule has 0 radical (unpaired) electrons. The van der Waals surface area contributed by atoms with E-state index in [1.165, 1.54) is 0 Å². The van der Waals surface area contributed by atoms with Crippen LogP contribution in [0.5, 0.6) is 0 Å². The Bertz CT molecular complexity index is 291. The number of ether oxygens (including phenoxy) is 1. The van der Waals surface area contributed by atoms with Gasteiger partial charge in [-0.25, -0.2) is 0 Å². The summed E-state index contributed by atoms with van der Waals surface area (Å²) >= 11 is 0. The van der Waals surface area contributed by atoms with Crippen molar-refractivity contribution in [3.8, 4) is 0 Å². The monoisotopic (exact) mass is 298 g/mol. The van der Waals surface area contributed by atoms with Gasteiger partial charge in [0.05, 0.1) is 12.5 Å². The molecule has 0 aliphatic heterocycles. The van der Waals surface area contributed by atoms with Crippen molar-refractivity contribution in [3.05, 3.63) is 0 Å². The standard InChI is InChI=1S/C18H34O3/c1-17(2,3)13-15(14-18(4,5)6)16(20)21-12-10-8-7-9-11-19/h11,15H,7-10,12-14H2,1-6H3. The average molecular weight is 298 g/mol. The Kier molecular flexibility index (Phi) is 8.84. The molecule has 0 bridgehead atoms. The Hall–Kier alpha value is -0.860. The summed E-state index contributed by atoms with van der Waals surface area (Å²) < 4.78 is 5.45. The smallest absolute Gasteiger partial charge is 0.308 e. The third kappa shape index (κ3) is 12.6. The Morgan fingerprint density at radius 1 is 0.952 bits per heavy atom. The zero-order chi connectivity index (χ0) is 16.5. The quantitative estimate of drug-likeness (QED) is 0.349. The van der Waals surface area contributed by atoms with E-state index >= 15 is 0 Å². The van der Waals surface area contributed by atoms with Crippen molar-refractivity contribution in [1.29, 1.82) is 0 Å². The van der Waals surface area contributed by atoms with Crippen molar-refractivity contribution in [2.75, 3.05) is 6.61 Å². The van der Waals surface area contributed by atoms with Crippen LogP contribution in [0, 0.1) is 16.7 Å². The van der Waals surface area contributed by atoms with Crippen molar-refractivity contribution >= 4 is 12.3 Å². The molecule has 3 heteroatoms. The lowest BCUT2D eigenvalue weighted by atomic mass is 9.77. The summed E-state index contributed by atoms with van der Waals surface area (Å²) in [6.07, 6.45) is 5.92. The zero-order valence-electron chi connectivity index (χ0n) is 14.8. The molecule has 0 heterocycles. The lowest BCUT2D eigenvalue weighted by Crippen LogP contribution is -2.27. The van der Waals surface area contributed by atoms with Crippen molar-refractivity contribution in [2.45, 2.75) is 80.1 Å². The fraction of sp³-hybridized carbons (Fsp3) is 0.889. The van der Waals surface area contributed by atoms with E-state index in [4.69, 9.17) is 4.74 Å². The molecule has 124 valence electrons. The van der Waals surface area contributed by atoms with Gasteiger partial charge in [-0.15, -0.1) is 0 Å². The van der Waals surface area contributed by atoms with E-state index in [0.29, 0.717) is 13.0 Å².